The van der Waals surface area contributed by atoms with Gasteiger partial charge in [-0.15, -0.1) is 0 Å². The number of nitrogens with two attached hydrogens (primary N) is 2. The topological polar surface area (TPSA) is 82.1 Å². The van der Waals surface area contributed by atoms with Gasteiger partial charge in [-0.3, -0.25) is 5.32 Å². The molecule has 0 saturated heterocycles. The Labute approximate surface area is 255 Å². The zero-order valence-corrected chi connectivity index (χ0v) is 24.1. The highest BCUT2D eigenvalue weighted by Gasteiger charge is 2.25. The van der Waals surface area contributed by atoms with Gasteiger partial charge in [0.15, 0.2) is 5.58 Å². The normalized spacial score (nSPS) is 14.0. The van der Waals surface area contributed by atoms with Crippen molar-refractivity contribution < 1.29 is 4.42 Å². The van der Waals surface area contributed by atoms with Gasteiger partial charge in [-0.2, -0.15) is 0 Å². The first-order valence-electron chi connectivity index (χ1n) is 15.0. The average Bonchev–Trinajstić information content (AvgIpc) is 3.64. The summed E-state index contributed by atoms with van der Waals surface area (Å²) in [7, 11) is 0. The number of benzene rings is 6. The summed E-state index contributed by atoms with van der Waals surface area (Å²) in [5.41, 5.74) is 21.8. The van der Waals surface area contributed by atoms with Crippen LogP contribution in [0.4, 0.5) is 0 Å². The zero-order valence-electron chi connectivity index (χ0n) is 24.1. The van der Waals surface area contributed by atoms with Crippen LogP contribution in [0.2, 0.25) is 0 Å². The molecule has 5 nitrogen and oxygen atoms in total. The van der Waals surface area contributed by atoms with Gasteiger partial charge < -0.3 is 20.5 Å². The van der Waals surface area contributed by atoms with Crippen molar-refractivity contribution >= 4 is 43.7 Å². The molecule has 5 heteroatoms. The minimum Gasteiger partial charge on any atom is -0.454 e. The minimum atomic E-state index is -0.400. The largest absolute Gasteiger partial charge is 0.454 e. The van der Waals surface area contributed by atoms with Crippen LogP contribution in [0.25, 0.3) is 49.4 Å². The van der Waals surface area contributed by atoms with Crippen LogP contribution in [-0.4, -0.2) is 4.57 Å². The van der Waals surface area contributed by atoms with Gasteiger partial charge in [0.05, 0.1) is 23.2 Å². The highest BCUT2D eigenvalue weighted by Crippen LogP contribution is 2.40. The number of nitrogens with one attached hydrogen (secondary N) is 1. The molecule has 8 aromatic rings. The third kappa shape index (κ3) is 4.38. The van der Waals surface area contributed by atoms with Crippen LogP contribution in [0.5, 0.6) is 0 Å². The summed E-state index contributed by atoms with van der Waals surface area (Å²) in [4.78, 5) is 0. The van der Waals surface area contributed by atoms with Crippen LogP contribution in [0.1, 0.15) is 34.9 Å². The van der Waals surface area contributed by atoms with E-state index < -0.39 is 6.17 Å². The predicted octanol–water partition coefficient (Wildman–Crippen LogP) is 8.67. The molecule has 0 amide bonds. The summed E-state index contributed by atoms with van der Waals surface area (Å²) in [6, 6.07) is 49.5. The van der Waals surface area contributed by atoms with E-state index in [0.29, 0.717) is 0 Å². The van der Waals surface area contributed by atoms with E-state index in [2.05, 4.69) is 94.8 Å². The summed E-state index contributed by atoms with van der Waals surface area (Å²) in [6.07, 6.45) is -0.400. The van der Waals surface area contributed by atoms with E-state index in [4.69, 9.17) is 15.9 Å². The number of nitrogens with zero attached hydrogens (tertiary/aromatic N) is 1. The van der Waals surface area contributed by atoms with E-state index in [0.717, 1.165) is 60.7 Å². The fourth-order valence-electron chi connectivity index (χ4n) is 6.58. The first kappa shape index (κ1) is 26.4. The summed E-state index contributed by atoms with van der Waals surface area (Å²) in [5.74, 6) is 0. The van der Waals surface area contributed by atoms with E-state index in [1.165, 1.54) is 5.39 Å². The molecule has 2 unspecified atom stereocenters. The van der Waals surface area contributed by atoms with Gasteiger partial charge in [0.2, 0.25) is 0 Å². The van der Waals surface area contributed by atoms with Gasteiger partial charge in [-0.1, -0.05) is 115 Å². The molecule has 2 heterocycles. The molecular weight excluding hydrogens is 540 g/mol. The van der Waals surface area contributed by atoms with Crippen LogP contribution >= 0.6 is 0 Å². The fraction of sp³-hybridized carbons (Fsp3) is 0.0769. The van der Waals surface area contributed by atoms with Crippen LogP contribution in [0.3, 0.4) is 0 Å². The highest BCUT2D eigenvalue weighted by atomic mass is 16.3. The van der Waals surface area contributed by atoms with Crippen molar-refractivity contribution in [3.63, 3.8) is 0 Å². The van der Waals surface area contributed by atoms with E-state index in [-0.39, 0.29) is 12.1 Å². The van der Waals surface area contributed by atoms with E-state index in [9.17, 15) is 0 Å². The minimum absolute atomic E-state index is 0.258. The molecular formula is C39H32N4O. The second kappa shape index (κ2) is 10.8. The Kier molecular flexibility index (Phi) is 6.50. The highest BCUT2D eigenvalue weighted by molar-refractivity contribution is 6.21. The van der Waals surface area contributed by atoms with E-state index in [1.807, 2.05) is 60.7 Å². The maximum absolute atomic E-state index is 7.03. The molecule has 0 bridgehead atoms. The van der Waals surface area contributed by atoms with Gasteiger partial charge in [-0.05, 0) is 47.0 Å². The van der Waals surface area contributed by atoms with Gasteiger partial charge >= 0.3 is 0 Å². The maximum Gasteiger partial charge on any atom is 0.160 e. The molecule has 0 radical (unpaired) electrons. The lowest BCUT2D eigenvalue weighted by Gasteiger charge is -2.30. The van der Waals surface area contributed by atoms with Crippen molar-refractivity contribution in [1.82, 2.24) is 9.88 Å². The van der Waals surface area contributed by atoms with Gasteiger partial charge in [0.1, 0.15) is 5.58 Å². The van der Waals surface area contributed by atoms with E-state index in [1.54, 1.807) is 0 Å². The number of hydrogen-bond donors (Lipinski definition) is 3. The van der Waals surface area contributed by atoms with Crippen molar-refractivity contribution in [3.05, 3.63) is 162 Å². The summed E-state index contributed by atoms with van der Waals surface area (Å²) in [6.45, 7) is 0. The molecule has 8 rings (SSSR count). The Morgan fingerprint density at radius 1 is 0.545 bits per heavy atom. The molecule has 44 heavy (non-hydrogen) atoms. The number of para-hydroxylation sites is 2. The Bertz CT molecular complexity index is 2250. The van der Waals surface area contributed by atoms with Gasteiger partial charge in [-0.25, -0.2) is 0 Å². The molecule has 2 aromatic heterocycles. The second-order valence-electron chi connectivity index (χ2n) is 11.4. The number of rotatable bonds is 7. The summed E-state index contributed by atoms with van der Waals surface area (Å²) < 4.78 is 8.88. The number of aromatic nitrogens is 1. The number of fused-ring (bicyclic) bond motifs is 7. The van der Waals surface area contributed by atoms with Crippen molar-refractivity contribution in [2.45, 2.75) is 18.2 Å². The molecule has 0 aliphatic rings. The van der Waals surface area contributed by atoms with Gasteiger partial charge in [0.25, 0.3) is 0 Å². The molecule has 214 valence electrons. The lowest BCUT2D eigenvalue weighted by Crippen LogP contribution is -2.38. The predicted molar refractivity (Wildman–Crippen MR) is 181 cm³/mol. The molecule has 5 N–H and O–H groups in total. The molecule has 0 saturated carbocycles. The molecule has 6 aromatic carbocycles. The summed E-state index contributed by atoms with van der Waals surface area (Å²) >= 11 is 0. The van der Waals surface area contributed by atoms with Crippen molar-refractivity contribution in [2.24, 2.45) is 11.5 Å². The third-order valence-corrected chi connectivity index (χ3v) is 8.73. The van der Waals surface area contributed by atoms with Gasteiger partial charge in [0, 0.05) is 33.3 Å². The lowest BCUT2D eigenvalue weighted by atomic mass is 9.93. The Morgan fingerprint density at radius 3 is 1.98 bits per heavy atom. The maximum atomic E-state index is 7.03. The Balaban J connectivity index is 1.33. The quantitative estimate of drug-likeness (QED) is 0.167. The smallest absolute Gasteiger partial charge is 0.160 e. The molecule has 3 atom stereocenters. The first-order chi connectivity index (χ1) is 21.7. The molecule has 0 fully saturated rings. The van der Waals surface area contributed by atoms with Crippen molar-refractivity contribution in [2.75, 3.05) is 0 Å². The van der Waals surface area contributed by atoms with E-state index >= 15 is 0 Å². The zero-order chi connectivity index (χ0) is 29.6. The SMILES string of the molecule is NC(N[C@@H](c1cccc(-n2c3ccccc3c3ccc4c5ccccc5oc4c32)c1)C(N)c1ccccc1)c1ccccc1. The third-order valence-electron chi connectivity index (χ3n) is 8.73. The fourth-order valence-corrected chi connectivity index (χ4v) is 6.58. The van der Waals surface area contributed by atoms with Crippen LogP contribution in [0.15, 0.2) is 150 Å². The number of hydrogen-bond acceptors (Lipinski definition) is 4. The van der Waals surface area contributed by atoms with Crippen LogP contribution in [0, 0.1) is 0 Å². The standard InChI is InChI=1S/C39H32N4O/c40-35(25-12-3-1-4-13-25)36(42-39(41)26-14-5-2-6-15-26)27-16-11-17-28(24-27)43-33-20-9-7-18-29(33)31-22-23-32-30-19-8-10-21-34(30)44-38(32)37(31)43/h1-24,35-36,39,42H,40-41H2/t35?,36-,39?/m0/s1. The summed E-state index contributed by atoms with van der Waals surface area (Å²) in [5, 5.41) is 8.22. The second-order valence-corrected chi connectivity index (χ2v) is 11.4. The van der Waals surface area contributed by atoms with Crippen molar-refractivity contribution in [1.29, 1.82) is 0 Å². The molecule has 0 aliphatic carbocycles. The Hall–Kier alpha value is -5.20. The monoisotopic (exact) mass is 572 g/mol. The first-order valence-corrected chi connectivity index (χ1v) is 15.0. The van der Waals surface area contributed by atoms with Crippen LogP contribution in [-0.2, 0) is 0 Å². The van der Waals surface area contributed by atoms with Crippen molar-refractivity contribution in [3.8, 4) is 5.69 Å². The molecule has 0 aliphatic heterocycles. The van der Waals surface area contributed by atoms with Crippen LogP contribution < -0.4 is 16.8 Å². The lowest BCUT2D eigenvalue weighted by molar-refractivity contribution is 0.398. The number of furan rings is 1. The Morgan fingerprint density at radius 2 is 1.18 bits per heavy atom. The molecule has 0 spiro atoms. The average molecular weight is 573 g/mol.